The number of aliphatic hydroxyl groups excluding tert-OH is 1. The number of amides is 3. The topological polar surface area (TPSA) is 153 Å². The van der Waals surface area contributed by atoms with E-state index in [-0.39, 0.29) is 0 Å². The fraction of sp³-hybridized carbons (Fsp3) is 0.500. The quantitative estimate of drug-likeness (QED) is 0.157. The molecule has 2 saturated heterocycles. The smallest absolute Gasteiger partial charge is 0.413 e. The summed E-state index contributed by atoms with van der Waals surface area (Å²) in [5.41, 5.74) is -2.68. The van der Waals surface area contributed by atoms with Crippen LogP contribution in [0.4, 0.5) is 20.1 Å². The number of hydrogen-bond donors (Lipinski definition) is 2. The van der Waals surface area contributed by atoms with E-state index in [4.69, 9.17) is 23.7 Å². The van der Waals surface area contributed by atoms with Crippen LogP contribution in [-0.4, -0.2) is 85.4 Å². The van der Waals surface area contributed by atoms with E-state index >= 15 is 4.79 Å². The van der Waals surface area contributed by atoms with E-state index in [1.165, 1.54) is 15.9 Å². The van der Waals surface area contributed by atoms with Crippen molar-refractivity contribution in [3.05, 3.63) is 114 Å². The summed E-state index contributed by atoms with van der Waals surface area (Å²) >= 11 is 0. The monoisotopic (exact) mass is 841 g/mol. The van der Waals surface area contributed by atoms with Crippen molar-refractivity contribution in [3.63, 3.8) is 0 Å². The van der Waals surface area contributed by atoms with Gasteiger partial charge < -0.3 is 28.8 Å². The van der Waals surface area contributed by atoms with Gasteiger partial charge in [0.25, 0.3) is 0 Å². The zero-order valence-corrected chi connectivity index (χ0v) is 37.7. The van der Waals surface area contributed by atoms with Gasteiger partial charge in [-0.05, 0) is 125 Å². The molecule has 13 heteroatoms. The molecule has 3 aromatic carbocycles. The van der Waals surface area contributed by atoms with E-state index in [1.807, 2.05) is 60.7 Å². The molecule has 0 bridgehead atoms. The highest BCUT2D eigenvalue weighted by Crippen LogP contribution is 2.47. The number of nitrogens with one attached hydrogen (secondary N) is 1. The second-order valence-electron chi connectivity index (χ2n) is 19.5. The summed E-state index contributed by atoms with van der Waals surface area (Å²) in [5, 5.41) is 15.6. The molecule has 2 aliphatic rings. The molecule has 0 saturated carbocycles. The summed E-state index contributed by atoms with van der Waals surface area (Å²) < 4.78 is 30.3. The number of carbonyl (C=O) groups excluding carboxylic acids is 4. The van der Waals surface area contributed by atoms with Crippen molar-refractivity contribution < 1.29 is 48.0 Å². The Balaban J connectivity index is 1.64. The van der Waals surface area contributed by atoms with Gasteiger partial charge in [0, 0.05) is 5.69 Å². The van der Waals surface area contributed by atoms with Gasteiger partial charge in [-0.2, -0.15) is 0 Å². The fourth-order valence-electron chi connectivity index (χ4n) is 7.72. The molecule has 330 valence electrons. The molecule has 0 radical (unpaired) electrons. The Hall–Kier alpha value is -5.24. The lowest BCUT2D eigenvalue weighted by molar-refractivity contribution is -0.120. The third-order valence-electron chi connectivity index (χ3n) is 10.0. The lowest BCUT2D eigenvalue weighted by Crippen LogP contribution is -2.55. The summed E-state index contributed by atoms with van der Waals surface area (Å²) in [5.74, 6) is -1.85. The summed E-state index contributed by atoms with van der Waals surface area (Å²) in [6.45, 7) is 22.8. The van der Waals surface area contributed by atoms with Crippen LogP contribution in [0, 0.1) is 0 Å². The first-order valence-corrected chi connectivity index (χ1v) is 20.7. The van der Waals surface area contributed by atoms with Crippen LogP contribution in [0.3, 0.4) is 0 Å². The van der Waals surface area contributed by atoms with Crippen LogP contribution in [0.5, 0.6) is 0 Å². The number of ketones is 1. The van der Waals surface area contributed by atoms with Crippen LogP contribution in [-0.2, 0) is 28.5 Å². The summed E-state index contributed by atoms with van der Waals surface area (Å²) in [6, 6.07) is 23.1. The van der Waals surface area contributed by atoms with Crippen LogP contribution in [0.25, 0.3) is 0 Å². The maximum atomic E-state index is 15.1. The van der Waals surface area contributed by atoms with Crippen LogP contribution >= 0.6 is 0 Å². The number of carbonyl (C=O) groups is 4. The molecule has 3 unspecified atom stereocenters. The highest BCUT2D eigenvalue weighted by atomic mass is 16.6. The Morgan fingerprint density at radius 2 is 1.10 bits per heavy atom. The normalized spacial score (nSPS) is 22.4. The molecule has 2 heterocycles. The molecule has 6 atom stereocenters. The molecule has 61 heavy (non-hydrogen) atoms. The Bertz CT molecular complexity index is 2050. The Morgan fingerprint density at radius 3 is 1.59 bits per heavy atom. The van der Waals surface area contributed by atoms with Gasteiger partial charge in [0.05, 0.1) is 24.1 Å². The molecule has 3 amide bonds. The summed E-state index contributed by atoms with van der Waals surface area (Å²) in [6.07, 6.45) is -2.25. The molecular formula is C48H63N3O10. The molecule has 0 aromatic heterocycles. The molecule has 13 nitrogen and oxygen atoms in total. The minimum Gasteiger partial charge on any atom is -0.444 e. The summed E-state index contributed by atoms with van der Waals surface area (Å²) in [4.78, 5) is 58.6. The second kappa shape index (κ2) is 17.6. The van der Waals surface area contributed by atoms with Crippen molar-refractivity contribution in [2.45, 2.75) is 155 Å². The molecule has 3 aromatic rings. The standard InChI is InChI=1S/C48H63N3O10/c1-44(2,3)59-41(54)49-33-26-24-30(25-27-33)36(38(53)37-40(32-22-18-15-19-23-32)58-48(12,13)51(37)43(56)61-46(7,8)9)35(52)29-28-34-39(31-20-16-14-17-21-31)57-47(10,11)50(34)42(55)60-45(4,5)6/h14-29,34,36-40,53H,1-13H3,(H,49,54)/b29-28+/t34-,36?,37-,38?,39?,40-/m1/s1. The van der Waals surface area contributed by atoms with Crippen molar-refractivity contribution in [1.82, 2.24) is 9.80 Å². The number of rotatable bonds is 9. The Kier molecular flexibility index (Phi) is 13.5. The van der Waals surface area contributed by atoms with E-state index in [0.29, 0.717) is 16.8 Å². The van der Waals surface area contributed by atoms with Crippen molar-refractivity contribution in [2.75, 3.05) is 5.32 Å². The van der Waals surface area contributed by atoms with Gasteiger partial charge in [-0.25, -0.2) is 14.4 Å². The van der Waals surface area contributed by atoms with Gasteiger partial charge >= 0.3 is 18.3 Å². The van der Waals surface area contributed by atoms with Crippen LogP contribution in [0.2, 0.25) is 0 Å². The van der Waals surface area contributed by atoms with Crippen LogP contribution in [0.1, 0.15) is 125 Å². The third kappa shape index (κ3) is 11.6. The molecule has 0 aliphatic carbocycles. The van der Waals surface area contributed by atoms with Gasteiger partial charge in [0.15, 0.2) is 5.78 Å². The molecule has 2 N–H and O–H groups in total. The molecule has 2 fully saturated rings. The van der Waals surface area contributed by atoms with Gasteiger partial charge in [-0.1, -0.05) is 78.9 Å². The van der Waals surface area contributed by atoms with Crippen molar-refractivity contribution in [2.24, 2.45) is 0 Å². The van der Waals surface area contributed by atoms with E-state index < -0.39 is 88.6 Å². The maximum absolute atomic E-state index is 15.1. The number of allylic oxidation sites excluding steroid dienone is 1. The lowest BCUT2D eigenvalue weighted by atomic mass is 9.82. The van der Waals surface area contributed by atoms with E-state index in [2.05, 4.69) is 5.32 Å². The molecule has 5 rings (SSSR count). The Labute approximate surface area is 360 Å². The van der Waals surface area contributed by atoms with Crippen LogP contribution in [0.15, 0.2) is 97.1 Å². The number of aliphatic hydroxyl groups is 1. The first-order chi connectivity index (χ1) is 28.2. The first-order valence-electron chi connectivity index (χ1n) is 20.7. The zero-order chi connectivity index (χ0) is 45.3. The number of benzene rings is 3. The summed E-state index contributed by atoms with van der Waals surface area (Å²) in [7, 11) is 0. The predicted molar refractivity (Wildman–Crippen MR) is 232 cm³/mol. The number of hydrogen-bond acceptors (Lipinski definition) is 10. The van der Waals surface area contributed by atoms with Gasteiger partial charge in [0.1, 0.15) is 40.5 Å². The minimum atomic E-state index is -1.59. The molecular weight excluding hydrogens is 779 g/mol. The maximum Gasteiger partial charge on any atom is 0.413 e. The fourth-order valence-corrected chi connectivity index (χ4v) is 7.72. The van der Waals surface area contributed by atoms with Gasteiger partial charge in [-0.15, -0.1) is 0 Å². The molecule has 0 spiro atoms. The number of anilines is 1. The highest BCUT2D eigenvalue weighted by molar-refractivity contribution is 5.96. The van der Waals surface area contributed by atoms with Crippen LogP contribution < -0.4 is 5.32 Å². The Morgan fingerprint density at radius 1 is 0.656 bits per heavy atom. The lowest BCUT2D eigenvalue weighted by Gasteiger charge is -2.38. The van der Waals surface area contributed by atoms with E-state index in [1.54, 1.807) is 120 Å². The SMILES string of the molecule is CC(C)(C)OC(=O)Nc1ccc(C(C(=O)/C=C/[C@@H]2C(c3ccccc3)OC(C)(C)N2C(=O)OC(C)(C)C)C(O)[C@@H]2[C@@H](c3ccccc3)OC(C)(C)N2C(=O)OC(C)(C)C)cc1. The van der Waals surface area contributed by atoms with Crippen molar-refractivity contribution >= 4 is 29.8 Å². The average molecular weight is 842 g/mol. The second-order valence-corrected chi connectivity index (χ2v) is 19.5. The van der Waals surface area contributed by atoms with Gasteiger partial charge in [0.2, 0.25) is 0 Å². The predicted octanol–water partition coefficient (Wildman–Crippen LogP) is 9.83. The van der Waals surface area contributed by atoms with Gasteiger partial charge in [-0.3, -0.25) is 19.9 Å². The van der Waals surface area contributed by atoms with E-state index in [9.17, 15) is 19.5 Å². The minimum absolute atomic E-state index is 0.379. The highest BCUT2D eigenvalue weighted by Gasteiger charge is 2.57. The average Bonchev–Trinajstić information content (AvgIpc) is 3.58. The number of ether oxygens (including phenoxy) is 5. The third-order valence-corrected chi connectivity index (χ3v) is 10.0. The zero-order valence-electron chi connectivity index (χ0n) is 37.7. The molecule has 2 aliphatic heterocycles. The largest absolute Gasteiger partial charge is 0.444 e. The van der Waals surface area contributed by atoms with E-state index in [0.717, 1.165) is 5.56 Å². The number of nitrogens with zero attached hydrogens (tertiary/aromatic N) is 2. The van der Waals surface area contributed by atoms with Crippen molar-refractivity contribution in [3.8, 4) is 0 Å². The first kappa shape index (κ1) is 46.8. The van der Waals surface area contributed by atoms with Crippen molar-refractivity contribution in [1.29, 1.82) is 0 Å².